The molecule has 1 heterocycles. The monoisotopic (exact) mass is 243 g/mol. The minimum Gasteiger partial charge on any atom is -0.383 e. The molecule has 2 N–H and O–H groups in total. The van der Waals surface area contributed by atoms with Crippen LogP contribution in [0.4, 0.5) is 5.82 Å². The predicted octanol–water partition coefficient (Wildman–Crippen LogP) is 2.30. The molecule has 0 aliphatic heterocycles. The van der Waals surface area contributed by atoms with E-state index >= 15 is 0 Å². The van der Waals surface area contributed by atoms with Crippen LogP contribution in [0.15, 0.2) is 30.5 Å². The summed E-state index contributed by atoms with van der Waals surface area (Å²) < 4.78 is 7.37. The summed E-state index contributed by atoms with van der Waals surface area (Å²) in [4.78, 5) is 0. The maximum Gasteiger partial charge on any atom is 0.129 e. The number of nitrogens with zero attached hydrogens (tertiary/aromatic N) is 2. The number of anilines is 1. The zero-order valence-electron chi connectivity index (χ0n) is 10.7. The summed E-state index contributed by atoms with van der Waals surface area (Å²) >= 11 is 0. The van der Waals surface area contributed by atoms with Gasteiger partial charge in [-0.3, -0.25) is 4.68 Å². The highest BCUT2D eigenvalue weighted by Crippen LogP contribution is 2.51. The highest BCUT2D eigenvalue weighted by atomic mass is 16.5. The maximum atomic E-state index is 6.07. The molecule has 0 atom stereocenters. The van der Waals surface area contributed by atoms with Crippen LogP contribution in [0.1, 0.15) is 18.4 Å². The Morgan fingerprint density at radius 2 is 2.00 bits per heavy atom. The van der Waals surface area contributed by atoms with Crippen LogP contribution < -0.4 is 5.73 Å². The molecule has 0 spiro atoms. The summed E-state index contributed by atoms with van der Waals surface area (Å²) in [7, 11) is 3.63. The zero-order chi connectivity index (χ0) is 12.8. The Morgan fingerprint density at radius 1 is 1.28 bits per heavy atom. The quantitative estimate of drug-likeness (QED) is 0.900. The van der Waals surface area contributed by atoms with Crippen LogP contribution in [0.25, 0.3) is 11.1 Å². The molecule has 1 aromatic carbocycles. The highest BCUT2D eigenvalue weighted by Gasteiger charge is 2.46. The van der Waals surface area contributed by atoms with Crippen LogP contribution in [-0.2, 0) is 17.4 Å². The predicted molar refractivity (Wildman–Crippen MR) is 71.0 cm³/mol. The van der Waals surface area contributed by atoms with Gasteiger partial charge in [0, 0.05) is 19.7 Å². The fourth-order valence-corrected chi connectivity index (χ4v) is 2.47. The summed E-state index contributed by atoms with van der Waals surface area (Å²) in [5.41, 5.74) is 9.28. The van der Waals surface area contributed by atoms with Gasteiger partial charge in [0.05, 0.1) is 11.8 Å². The van der Waals surface area contributed by atoms with E-state index in [1.54, 1.807) is 11.8 Å². The number of hydrogen-bond donors (Lipinski definition) is 1. The second kappa shape index (κ2) is 3.85. The fourth-order valence-electron chi connectivity index (χ4n) is 2.47. The summed E-state index contributed by atoms with van der Waals surface area (Å²) in [6.45, 7) is 0. The number of methoxy groups -OCH3 is 1. The molecule has 1 aromatic heterocycles. The molecule has 3 rings (SSSR count). The Morgan fingerprint density at radius 3 is 2.56 bits per heavy atom. The average molecular weight is 243 g/mol. The van der Waals surface area contributed by atoms with Gasteiger partial charge in [0.1, 0.15) is 5.82 Å². The molecule has 1 aliphatic carbocycles. The lowest BCUT2D eigenvalue weighted by Crippen LogP contribution is -2.10. The number of aromatic nitrogens is 2. The topological polar surface area (TPSA) is 53.1 Å². The Hall–Kier alpha value is -1.81. The van der Waals surface area contributed by atoms with Crippen LogP contribution in [0.2, 0.25) is 0 Å². The number of nitrogens with two attached hydrogens (primary N) is 1. The number of benzene rings is 1. The van der Waals surface area contributed by atoms with Gasteiger partial charge in [-0.1, -0.05) is 24.3 Å². The van der Waals surface area contributed by atoms with Gasteiger partial charge < -0.3 is 10.5 Å². The third kappa shape index (κ3) is 1.53. The smallest absolute Gasteiger partial charge is 0.129 e. The van der Waals surface area contributed by atoms with E-state index in [1.807, 2.05) is 25.4 Å². The van der Waals surface area contributed by atoms with E-state index in [-0.39, 0.29) is 5.60 Å². The molecule has 0 bridgehead atoms. The molecule has 1 aliphatic rings. The Kier molecular flexibility index (Phi) is 2.41. The van der Waals surface area contributed by atoms with Gasteiger partial charge in [-0.15, -0.1) is 0 Å². The van der Waals surface area contributed by atoms with Crippen molar-refractivity contribution in [1.82, 2.24) is 9.78 Å². The molecule has 4 nitrogen and oxygen atoms in total. The second-order valence-electron chi connectivity index (χ2n) is 4.81. The Labute approximate surface area is 106 Å². The first-order chi connectivity index (χ1) is 8.68. The SMILES string of the molecule is COC1(c2ccccc2-c2cnn(C)c2N)CC1. The standard InChI is InChI=1S/C14H17N3O/c1-17-13(15)11(9-16-17)10-5-3-4-6-12(10)14(18-2)7-8-14/h3-6,9H,7-8,15H2,1-2H3. The van der Waals surface area contributed by atoms with E-state index in [4.69, 9.17) is 10.5 Å². The third-order valence-electron chi connectivity index (χ3n) is 3.79. The van der Waals surface area contributed by atoms with Crippen molar-refractivity contribution in [3.8, 4) is 11.1 Å². The van der Waals surface area contributed by atoms with E-state index in [0.717, 1.165) is 24.0 Å². The Bertz CT molecular complexity index is 584. The molecule has 0 saturated heterocycles. The van der Waals surface area contributed by atoms with Crippen molar-refractivity contribution < 1.29 is 4.74 Å². The van der Waals surface area contributed by atoms with Gasteiger partial charge >= 0.3 is 0 Å². The minimum atomic E-state index is -0.112. The summed E-state index contributed by atoms with van der Waals surface area (Å²) in [6, 6.07) is 8.28. The molecule has 0 unspecified atom stereocenters. The van der Waals surface area contributed by atoms with E-state index in [1.165, 1.54) is 5.56 Å². The average Bonchev–Trinajstić information content (AvgIpc) is 3.13. The van der Waals surface area contributed by atoms with E-state index in [0.29, 0.717) is 5.82 Å². The van der Waals surface area contributed by atoms with Gasteiger partial charge in [-0.25, -0.2) is 0 Å². The lowest BCUT2D eigenvalue weighted by molar-refractivity contribution is 0.0794. The number of hydrogen-bond acceptors (Lipinski definition) is 3. The van der Waals surface area contributed by atoms with Gasteiger partial charge in [0.15, 0.2) is 0 Å². The second-order valence-corrected chi connectivity index (χ2v) is 4.81. The van der Waals surface area contributed by atoms with Crippen molar-refractivity contribution in [3.05, 3.63) is 36.0 Å². The van der Waals surface area contributed by atoms with Crippen molar-refractivity contribution in [1.29, 1.82) is 0 Å². The summed E-state index contributed by atoms with van der Waals surface area (Å²) in [5.74, 6) is 0.689. The molecule has 1 fully saturated rings. The van der Waals surface area contributed by atoms with Crippen molar-refractivity contribution in [2.45, 2.75) is 18.4 Å². The van der Waals surface area contributed by atoms with Gasteiger partial charge in [-0.05, 0) is 24.0 Å². The molecule has 18 heavy (non-hydrogen) atoms. The van der Waals surface area contributed by atoms with Crippen LogP contribution in [-0.4, -0.2) is 16.9 Å². The lowest BCUT2D eigenvalue weighted by Gasteiger charge is -2.17. The van der Waals surface area contributed by atoms with Crippen LogP contribution in [0.5, 0.6) is 0 Å². The van der Waals surface area contributed by atoms with Crippen molar-refractivity contribution in [3.63, 3.8) is 0 Å². The van der Waals surface area contributed by atoms with Crippen molar-refractivity contribution >= 4 is 5.82 Å². The number of ether oxygens (including phenoxy) is 1. The molecule has 4 heteroatoms. The maximum absolute atomic E-state index is 6.07. The zero-order valence-corrected chi connectivity index (χ0v) is 10.7. The van der Waals surface area contributed by atoms with E-state index in [9.17, 15) is 0 Å². The Balaban J connectivity index is 2.16. The first-order valence-corrected chi connectivity index (χ1v) is 6.10. The summed E-state index contributed by atoms with van der Waals surface area (Å²) in [5, 5.41) is 4.21. The number of nitrogen functional groups attached to an aromatic ring is 1. The van der Waals surface area contributed by atoms with Crippen LogP contribution >= 0.6 is 0 Å². The largest absolute Gasteiger partial charge is 0.383 e. The number of aryl methyl sites for hydroxylation is 1. The first kappa shape index (κ1) is 11.3. The molecule has 0 amide bonds. The van der Waals surface area contributed by atoms with Gasteiger partial charge in [-0.2, -0.15) is 5.10 Å². The van der Waals surface area contributed by atoms with Crippen LogP contribution in [0.3, 0.4) is 0 Å². The molecule has 2 aromatic rings. The summed E-state index contributed by atoms with van der Waals surface area (Å²) in [6.07, 6.45) is 3.96. The minimum absolute atomic E-state index is 0.112. The van der Waals surface area contributed by atoms with E-state index in [2.05, 4.69) is 17.2 Å². The molecular formula is C14H17N3O. The lowest BCUT2D eigenvalue weighted by atomic mass is 9.96. The first-order valence-electron chi connectivity index (χ1n) is 6.10. The van der Waals surface area contributed by atoms with E-state index < -0.39 is 0 Å². The molecule has 94 valence electrons. The highest BCUT2D eigenvalue weighted by molar-refractivity contribution is 5.77. The van der Waals surface area contributed by atoms with Gasteiger partial charge in [0.2, 0.25) is 0 Å². The number of rotatable bonds is 3. The van der Waals surface area contributed by atoms with Crippen molar-refractivity contribution in [2.75, 3.05) is 12.8 Å². The molecule has 1 saturated carbocycles. The fraction of sp³-hybridized carbons (Fsp3) is 0.357. The molecule has 0 radical (unpaired) electrons. The normalized spacial score (nSPS) is 16.8. The van der Waals surface area contributed by atoms with Crippen molar-refractivity contribution in [2.24, 2.45) is 7.05 Å². The molecular weight excluding hydrogens is 226 g/mol. The third-order valence-corrected chi connectivity index (χ3v) is 3.79. The van der Waals surface area contributed by atoms with Crippen LogP contribution in [0, 0.1) is 0 Å². The van der Waals surface area contributed by atoms with Gasteiger partial charge in [0.25, 0.3) is 0 Å².